The molecule has 124 valence electrons. The van der Waals surface area contributed by atoms with Crippen molar-refractivity contribution >= 4 is 0 Å². The van der Waals surface area contributed by atoms with Crippen molar-refractivity contribution in [2.24, 2.45) is 0 Å². The van der Waals surface area contributed by atoms with Gasteiger partial charge >= 0.3 is 0 Å². The highest BCUT2D eigenvalue weighted by Crippen LogP contribution is 1.95. The number of ether oxygens (including phenoxy) is 1. The van der Waals surface area contributed by atoms with Gasteiger partial charge in [-0.2, -0.15) is 0 Å². The van der Waals surface area contributed by atoms with E-state index in [1.54, 1.807) is 4.90 Å². The quantitative estimate of drug-likeness (QED) is 0.348. The zero-order valence-electron chi connectivity index (χ0n) is 13.8. The number of piperidine rings is 1. The maximum atomic E-state index is 8.70. The average Bonchev–Trinajstić information content (AvgIpc) is 2.53. The molecule has 0 saturated carbocycles. The monoisotopic (exact) mass is 302 g/mol. The number of likely N-dealkylation sites (tertiary alicyclic amines) is 1. The van der Waals surface area contributed by atoms with E-state index in [1.165, 1.54) is 65.1 Å². The van der Waals surface area contributed by atoms with Crippen LogP contribution in [0.2, 0.25) is 0 Å². The first-order valence-corrected chi connectivity index (χ1v) is 9.03. The molecule has 0 radical (unpaired) electrons. The third-order valence-electron chi connectivity index (χ3n) is 5.31. The van der Waals surface area contributed by atoms with Crippen molar-refractivity contribution in [1.82, 2.24) is 0 Å². The summed E-state index contributed by atoms with van der Waals surface area (Å²) in [5.74, 6) is 0. The minimum Gasteiger partial charge on any atom is -0.394 e. The molecule has 21 heavy (non-hydrogen) atoms. The number of quaternary nitrogens is 3. The molecule has 0 aromatic heterocycles. The molecule has 2 heterocycles. The van der Waals surface area contributed by atoms with Crippen LogP contribution in [0.3, 0.4) is 0 Å². The molecule has 2 rings (SSSR count). The van der Waals surface area contributed by atoms with Crippen LogP contribution in [0.5, 0.6) is 0 Å². The van der Waals surface area contributed by atoms with Crippen LogP contribution in [0, 0.1) is 0 Å². The molecule has 4 N–H and O–H groups in total. The Balaban J connectivity index is 1.59. The van der Waals surface area contributed by atoms with Crippen LogP contribution < -0.4 is 14.7 Å². The lowest BCUT2D eigenvalue weighted by molar-refractivity contribution is -1.03. The Morgan fingerprint density at radius 1 is 0.905 bits per heavy atom. The van der Waals surface area contributed by atoms with E-state index in [2.05, 4.69) is 6.92 Å². The van der Waals surface area contributed by atoms with E-state index in [0.29, 0.717) is 6.61 Å². The molecule has 0 aromatic rings. The maximum Gasteiger partial charge on any atom is 0.127 e. The van der Waals surface area contributed by atoms with Gasteiger partial charge in [-0.1, -0.05) is 6.92 Å². The summed E-state index contributed by atoms with van der Waals surface area (Å²) in [5, 5.41) is 8.70. The second-order valence-corrected chi connectivity index (χ2v) is 6.77. The summed E-state index contributed by atoms with van der Waals surface area (Å²) in [5.41, 5.74) is 0. The lowest BCUT2D eigenvalue weighted by atomic mass is 10.0. The summed E-state index contributed by atoms with van der Waals surface area (Å²) >= 11 is 0. The van der Waals surface area contributed by atoms with Crippen molar-refractivity contribution in [3.8, 4) is 0 Å². The molecule has 2 aliphatic heterocycles. The van der Waals surface area contributed by atoms with Crippen LogP contribution in [0.4, 0.5) is 0 Å². The number of hydrogen-bond donors (Lipinski definition) is 4. The van der Waals surface area contributed by atoms with E-state index >= 15 is 0 Å². The van der Waals surface area contributed by atoms with E-state index < -0.39 is 0 Å². The fourth-order valence-electron chi connectivity index (χ4n) is 4.00. The highest BCUT2D eigenvalue weighted by molar-refractivity contribution is 4.61. The smallest absolute Gasteiger partial charge is 0.127 e. The van der Waals surface area contributed by atoms with Gasteiger partial charge in [0.05, 0.1) is 45.5 Å². The Hall–Kier alpha value is -0.200. The predicted octanol–water partition coefficient (Wildman–Crippen LogP) is -3.76. The van der Waals surface area contributed by atoms with Crippen LogP contribution in [0.15, 0.2) is 0 Å². The SMILES string of the molecule is CCC[NH+]1CCC([NH+]2CC[NH+](CCOCCO)CC2)CC1. The minimum atomic E-state index is 0.145. The second-order valence-electron chi connectivity index (χ2n) is 6.77. The highest BCUT2D eigenvalue weighted by atomic mass is 16.5. The van der Waals surface area contributed by atoms with Crippen LogP contribution >= 0.6 is 0 Å². The van der Waals surface area contributed by atoms with Gasteiger partial charge in [-0.15, -0.1) is 0 Å². The van der Waals surface area contributed by atoms with Gasteiger partial charge in [0.25, 0.3) is 0 Å². The van der Waals surface area contributed by atoms with Crippen molar-refractivity contribution < 1.29 is 24.5 Å². The molecule has 0 aliphatic carbocycles. The summed E-state index contributed by atoms with van der Waals surface area (Å²) in [6.45, 7) is 14.3. The standard InChI is InChI=1S/C16H33N3O2/c1-2-5-17-6-3-16(4-7-17)19-10-8-18(9-11-19)12-14-21-15-13-20/h16,20H,2-15H2,1H3/p+3. The lowest BCUT2D eigenvalue weighted by Crippen LogP contribution is -3.30. The van der Waals surface area contributed by atoms with Crippen molar-refractivity contribution in [2.75, 3.05) is 72.2 Å². The third-order valence-corrected chi connectivity index (χ3v) is 5.31. The summed E-state index contributed by atoms with van der Waals surface area (Å²) in [6, 6.07) is 0.929. The first-order chi connectivity index (χ1) is 10.3. The summed E-state index contributed by atoms with van der Waals surface area (Å²) in [6.07, 6.45) is 4.19. The molecule has 0 bridgehead atoms. The molecular weight excluding hydrogens is 266 g/mol. The number of piperazine rings is 1. The molecule has 0 unspecified atom stereocenters. The molecule has 0 amide bonds. The van der Waals surface area contributed by atoms with Gasteiger partial charge in [-0.05, 0) is 6.42 Å². The predicted molar refractivity (Wildman–Crippen MR) is 83.0 cm³/mol. The molecule has 2 fully saturated rings. The van der Waals surface area contributed by atoms with Crippen molar-refractivity contribution in [1.29, 1.82) is 0 Å². The summed E-state index contributed by atoms with van der Waals surface area (Å²) < 4.78 is 5.38. The molecular formula is C16H36N3O2+3. The van der Waals surface area contributed by atoms with Crippen LogP contribution in [-0.2, 0) is 4.74 Å². The maximum absolute atomic E-state index is 8.70. The fraction of sp³-hybridized carbons (Fsp3) is 1.00. The number of hydrogen-bond acceptors (Lipinski definition) is 2. The summed E-state index contributed by atoms with van der Waals surface area (Å²) in [7, 11) is 0. The van der Waals surface area contributed by atoms with E-state index in [0.717, 1.165) is 19.2 Å². The van der Waals surface area contributed by atoms with Gasteiger partial charge in [-0.25, -0.2) is 0 Å². The fourth-order valence-corrected chi connectivity index (χ4v) is 4.00. The van der Waals surface area contributed by atoms with E-state index in [-0.39, 0.29) is 6.61 Å². The highest BCUT2D eigenvalue weighted by Gasteiger charge is 2.33. The Bertz CT molecular complexity index is 262. The number of rotatable bonds is 8. The number of aliphatic hydroxyl groups is 1. The van der Waals surface area contributed by atoms with Gasteiger partial charge in [-0.3, -0.25) is 0 Å². The zero-order valence-corrected chi connectivity index (χ0v) is 13.8. The van der Waals surface area contributed by atoms with Gasteiger partial charge in [0.1, 0.15) is 32.7 Å². The van der Waals surface area contributed by atoms with Gasteiger partial charge in [0, 0.05) is 12.8 Å². The Morgan fingerprint density at radius 2 is 1.57 bits per heavy atom. The Kier molecular flexibility index (Phi) is 7.96. The van der Waals surface area contributed by atoms with Crippen molar-refractivity contribution in [2.45, 2.75) is 32.2 Å². The second kappa shape index (κ2) is 9.74. The molecule has 2 aliphatic rings. The molecule has 5 heteroatoms. The molecule has 0 atom stereocenters. The Labute approximate surface area is 129 Å². The Morgan fingerprint density at radius 3 is 2.19 bits per heavy atom. The normalized spacial score (nSPS) is 34.0. The van der Waals surface area contributed by atoms with Crippen LogP contribution in [0.25, 0.3) is 0 Å². The van der Waals surface area contributed by atoms with Gasteiger partial charge in [0.2, 0.25) is 0 Å². The first kappa shape index (κ1) is 17.2. The number of aliphatic hydroxyl groups excluding tert-OH is 1. The molecule has 2 saturated heterocycles. The third kappa shape index (κ3) is 5.83. The van der Waals surface area contributed by atoms with Gasteiger partial charge < -0.3 is 24.5 Å². The molecule has 0 aromatic carbocycles. The molecule has 0 spiro atoms. The van der Waals surface area contributed by atoms with Gasteiger partial charge in [0.15, 0.2) is 0 Å². The lowest BCUT2D eigenvalue weighted by Gasteiger charge is -2.37. The van der Waals surface area contributed by atoms with Crippen LogP contribution in [0.1, 0.15) is 26.2 Å². The van der Waals surface area contributed by atoms with E-state index in [1.807, 2.05) is 9.80 Å². The van der Waals surface area contributed by atoms with Crippen molar-refractivity contribution in [3.63, 3.8) is 0 Å². The van der Waals surface area contributed by atoms with Crippen molar-refractivity contribution in [3.05, 3.63) is 0 Å². The van der Waals surface area contributed by atoms with E-state index in [4.69, 9.17) is 9.84 Å². The first-order valence-electron chi connectivity index (χ1n) is 9.03. The topological polar surface area (TPSA) is 42.8 Å². The zero-order chi connectivity index (χ0) is 14.9. The summed E-state index contributed by atoms with van der Waals surface area (Å²) in [4.78, 5) is 5.38. The van der Waals surface area contributed by atoms with E-state index in [9.17, 15) is 0 Å². The largest absolute Gasteiger partial charge is 0.394 e. The average molecular weight is 302 g/mol. The molecule has 5 nitrogen and oxygen atoms in total. The number of nitrogens with one attached hydrogen (secondary N) is 3. The van der Waals surface area contributed by atoms with Crippen LogP contribution in [-0.4, -0.2) is 83.3 Å². The minimum absolute atomic E-state index is 0.145.